The third-order valence-corrected chi connectivity index (χ3v) is 1.49. The van der Waals surface area contributed by atoms with Crippen LogP contribution in [0.25, 0.3) is 0 Å². The Hall–Kier alpha value is -0.300. The van der Waals surface area contributed by atoms with Crippen molar-refractivity contribution < 1.29 is 13.7 Å². The SMILES string of the molecule is [2H]c1c([2H])c(Br)c([2H])c(C(C)(C([2H])([2H])[2H])C([2H])([2H])[2H])c1[2H]. The molecule has 0 aliphatic heterocycles. The number of hydrogen-bond acceptors (Lipinski definition) is 0. The highest BCUT2D eigenvalue weighted by Crippen LogP contribution is 2.24. The fourth-order valence-electron chi connectivity index (χ4n) is 0.571. The van der Waals surface area contributed by atoms with Gasteiger partial charge in [0.1, 0.15) is 0 Å². The van der Waals surface area contributed by atoms with Crippen LogP contribution in [0.2, 0.25) is 0 Å². The second kappa shape index (κ2) is 2.98. The van der Waals surface area contributed by atoms with Crippen molar-refractivity contribution in [3.05, 3.63) is 34.2 Å². The third kappa shape index (κ3) is 2.33. The van der Waals surface area contributed by atoms with Crippen LogP contribution in [-0.4, -0.2) is 0 Å². The van der Waals surface area contributed by atoms with Crippen molar-refractivity contribution in [1.29, 1.82) is 0 Å². The Balaban J connectivity index is 3.96. The molecule has 0 amide bonds. The van der Waals surface area contributed by atoms with Crippen molar-refractivity contribution >= 4 is 15.9 Å². The first-order valence-electron chi connectivity index (χ1n) is 7.94. The van der Waals surface area contributed by atoms with Crippen LogP contribution in [0.4, 0.5) is 0 Å². The van der Waals surface area contributed by atoms with Crippen molar-refractivity contribution in [3.8, 4) is 0 Å². The van der Waals surface area contributed by atoms with Crippen LogP contribution in [0, 0.1) is 0 Å². The number of halogens is 1. The fraction of sp³-hybridized carbons (Fsp3) is 0.400. The molecule has 60 valence electrons. The maximum Gasteiger partial charge on any atom is 0.0638 e. The van der Waals surface area contributed by atoms with Gasteiger partial charge in [0.15, 0.2) is 0 Å². The Kier molecular flexibility index (Phi) is 0.636. The Morgan fingerprint density at radius 3 is 2.91 bits per heavy atom. The van der Waals surface area contributed by atoms with E-state index < -0.39 is 48.9 Å². The van der Waals surface area contributed by atoms with Crippen LogP contribution in [-0.2, 0) is 5.41 Å². The van der Waals surface area contributed by atoms with Crippen LogP contribution in [0.3, 0.4) is 0 Å². The smallest absolute Gasteiger partial charge is 0.0609 e. The van der Waals surface area contributed by atoms with Gasteiger partial charge in [-0.1, -0.05) is 48.6 Å². The Morgan fingerprint density at radius 2 is 2.27 bits per heavy atom. The van der Waals surface area contributed by atoms with Gasteiger partial charge in [0.05, 0.1) is 5.48 Å². The average molecular weight is 223 g/mol. The molecule has 0 N–H and O–H groups in total. The molecule has 0 spiro atoms. The summed E-state index contributed by atoms with van der Waals surface area (Å²) >= 11 is 2.90. The zero-order valence-corrected chi connectivity index (χ0v) is 7.46. The topological polar surface area (TPSA) is 0 Å². The van der Waals surface area contributed by atoms with E-state index >= 15 is 0 Å². The summed E-state index contributed by atoms with van der Waals surface area (Å²) < 4.78 is 76.1. The molecule has 11 heavy (non-hydrogen) atoms. The summed E-state index contributed by atoms with van der Waals surface area (Å²) in [5.41, 5.74) is -3.06. The van der Waals surface area contributed by atoms with E-state index in [0.717, 1.165) is 6.92 Å². The van der Waals surface area contributed by atoms with E-state index in [1.807, 2.05) is 0 Å². The van der Waals surface area contributed by atoms with Crippen molar-refractivity contribution in [2.45, 2.75) is 26.0 Å². The first-order chi connectivity index (χ1) is 9.18. The molecule has 0 aliphatic rings. The van der Waals surface area contributed by atoms with Crippen LogP contribution < -0.4 is 0 Å². The summed E-state index contributed by atoms with van der Waals surface area (Å²) in [5.74, 6) is 0. The molecule has 0 unspecified atom stereocenters. The number of benzene rings is 1. The monoisotopic (exact) mass is 222 g/mol. The number of rotatable bonds is 0. The molecule has 1 heteroatoms. The third-order valence-electron chi connectivity index (χ3n) is 1.09. The van der Waals surface area contributed by atoms with Crippen molar-refractivity contribution in [2.24, 2.45) is 0 Å². The standard InChI is InChI=1S/C10H13Br/c1-10(2,3)8-5-4-6-9(11)7-8/h4-7H,1-3H3/i1D3,2D3,4D,5D,6D,7D. The second-order valence-electron chi connectivity index (χ2n) is 2.31. The van der Waals surface area contributed by atoms with Gasteiger partial charge in [0.2, 0.25) is 0 Å². The molecule has 0 nitrogen and oxygen atoms in total. The zero-order valence-electron chi connectivity index (χ0n) is 15.9. The van der Waals surface area contributed by atoms with E-state index in [1.165, 1.54) is 0 Å². The second-order valence-corrected chi connectivity index (χ2v) is 3.11. The molecule has 0 atom stereocenters. The lowest BCUT2D eigenvalue weighted by Gasteiger charge is -2.18. The van der Waals surface area contributed by atoms with Crippen molar-refractivity contribution in [2.75, 3.05) is 0 Å². The van der Waals surface area contributed by atoms with Crippen LogP contribution in [0.15, 0.2) is 28.6 Å². The summed E-state index contributed by atoms with van der Waals surface area (Å²) in [4.78, 5) is 0. The van der Waals surface area contributed by atoms with E-state index in [0.29, 0.717) is 0 Å². The minimum absolute atomic E-state index is 0.196. The minimum atomic E-state index is -3.01. The predicted molar refractivity (Wildman–Crippen MR) is 52.8 cm³/mol. The Labute approximate surface area is 90.8 Å². The lowest BCUT2D eigenvalue weighted by Crippen LogP contribution is -2.10. The molecule has 0 radical (unpaired) electrons. The van der Waals surface area contributed by atoms with Gasteiger partial charge in [0.25, 0.3) is 0 Å². The quantitative estimate of drug-likeness (QED) is 0.628. The molecule has 1 aromatic carbocycles. The summed E-state index contributed by atoms with van der Waals surface area (Å²) in [6.07, 6.45) is 0. The predicted octanol–water partition coefficient (Wildman–Crippen LogP) is 3.75. The number of hydrogen-bond donors (Lipinski definition) is 0. The van der Waals surface area contributed by atoms with E-state index in [4.69, 9.17) is 13.7 Å². The lowest BCUT2D eigenvalue weighted by molar-refractivity contribution is 0.590. The summed E-state index contributed by atoms with van der Waals surface area (Å²) in [5, 5.41) is 0. The molecular weight excluding hydrogens is 200 g/mol. The first-order valence-corrected chi connectivity index (χ1v) is 3.73. The molecule has 0 aromatic heterocycles. The molecule has 0 heterocycles. The van der Waals surface area contributed by atoms with Gasteiger partial charge in [0, 0.05) is 12.7 Å². The minimum Gasteiger partial charge on any atom is -0.0609 e. The Bertz CT molecular complexity index is 528. The molecule has 0 saturated carbocycles. The van der Waals surface area contributed by atoms with E-state index in [-0.39, 0.29) is 4.47 Å². The molecule has 0 aliphatic carbocycles. The summed E-state index contributed by atoms with van der Waals surface area (Å²) in [6.45, 7) is -5.09. The maximum absolute atomic E-state index is 7.92. The van der Waals surface area contributed by atoms with Crippen LogP contribution in [0.5, 0.6) is 0 Å². The summed E-state index contributed by atoms with van der Waals surface area (Å²) in [7, 11) is 0. The van der Waals surface area contributed by atoms with E-state index in [1.54, 1.807) is 0 Å². The maximum atomic E-state index is 7.92. The first kappa shape index (κ1) is 2.35. The van der Waals surface area contributed by atoms with Gasteiger partial charge in [-0.3, -0.25) is 0 Å². The molecular formula is C10H13Br. The highest BCUT2D eigenvalue weighted by molar-refractivity contribution is 9.10. The zero-order chi connectivity index (χ0) is 17.0. The average Bonchev–Trinajstić information content (AvgIpc) is 2.31. The van der Waals surface area contributed by atoms with Crippen LogP contribution in [0.1, 0.15) is 39.9 Å². The largest absolute Gasteiger partial charge is 0.0638 e. The van der Waals surface area contributed by atoms with Crippen molar-refractivity contribution in [3.63, 3.8) is 0 Å². The highest BCUT2D eigenvalue weighted by Gasteiger charge is 2.12. The van der Waals surface area contributed by atoms with E-state index in [2.05, 4.69) is 15.9 Å². The fourth-order valence-corrected chi connectivity index (χ4v) is 0.868. The van der Waals surface area contributed by atoms with E-state index in [9.17, 15) is 0 Å². The summed E-state index contributed by atoms with van der Waals surface area (Å²) in [6, 6.07) is -2.35. The van der Waals surface area contributed by atoms with Gasteiger partial charge in [-0.25, -0.2) is 0 Å². The van der Waals surface area contributed by atoms with Crippen molar-refractivity contribution in [1.82, 2.24) is 0 Å². The highest BCUT2D eigenvalue weighted by atomic mass is 79.9. The molecule has 1 aromatic rings. The normalized spacial score (nSPS) is 27.1. The Morgan fingerprint density at radius 1 is 1.55 bits per heavy atom. The van der Waals surface area contributed by atoms with Gasteiger partial charge in [-0.15, -0.1) is 0 Å². The molecule has 0 fully saturated rings. The van der Waals surface area contributed by atoms with Gasteiger partial charge >= 0.3 is 0 Å². The van der Waals surface area contributed by atoms with Gasteiger partial charge in [-0.2, -0.15) is 0 Å². The van der Waals surface area contributed by atoms with Gasteiger partial charge < -0.3 is 0 Å². The van der Waals surface area contributed by atoms with Crippen LogP contribution >= 0.6 is 15.9 Å². The lowest BCUT2D eigenvalue weighted by atomic mass is 9.87. The molecule has 1 rings (SSSR count). The van der Waals surface area contributed by atoms with Gasteiger partial charge in [-0.05, 0) is 23.1 Å². The molecule has 0 bridgehead atoms. The molecule has 0 saturated heterocycles.